The predicted octanol–water partition coefficient (Wildman–Crippen LogP) is 8.90. The van der Waals surface area contributed by atoms with Crippen molar-refractivity contribution in [3.8, 4) is 17.2 Å². The predicted molar refractivity (Wildman–Crippen MR) is 193 cm³/mol. The van der Waals surface area contributed by atoms with Crippen molar-refractivity contribution in [2.45, 2.75) is 37.4 Å². The zero-order valence-corrected chi connectivity index (χ0v) is 29.7. The van der Waals surface area contributed by atoms with Crippen LogP contribution in [0.5, 0.6) is 17.2 Å². The monoisotopic (exact) mass is 745 g/mol. The minimum Gasteiger partial charge on any atom is -0.495 e. The van der Waals surface area contributed by atoms with Crippen molar-refractivity contribution in [2.24, 2.45) is 0 Å². The zero-order valence-electron chi connectivity index (χ0n) is 26.5. The van der Waals surface area contributed by atoms with Crippen molar-refractivity contribution in [1.29, 1.82) is 0 Å². The van der Waals surface area contributed by atoms with Gasteiger partial charge >= 0.3 is 0 Å². The number of aromatic nitrogens is 3. The van der Waals surface area contributed by atoms with Crippen LogP contribution in [0.2, 0.25) is 5.02 Å². The van der Waals surface area contributed by atoms with E-state index in [1.54, 1.807) is 23.9 Å². The number of hydrogen-bond acceptors (Lipinski definition) is 8. The first kappa shape index (κ1) is 33.5. The van der Waals surface area contributed by atoms with Gasteiger partial charge in [0.15, 0.2) is 11.5 Å². The van der Waals surface area contributed by atoms with Crippen molar-refractivity contribution >= 4 is 56.8 Å². The second-order valence-corrected chi connectivity index (χ2v) is 13.0. The lowest BCUT2D eigenvalue weighted by Crippen LogP contribution is -2.31. The molecule has 0 aliphatic carbocycles. The average Bonchev–Trinajstić information content (AvgIpc) is 3.50. The Kier molecular flexibility index (Phi) is 10.6. The fraction of sp³-hybridized carbons (Fsp3) is 0.194. The van der Waals surface area contributed by atoms with Gasteiger partial charge in [0, 0.05) is 16.5 Å². The van der Waals surface area contributed by atoms with Gasteiger partial charge in [0.1, 0.15) is 18.4 Å². The van der Waals surface area contributed by atoms with E-state index in [0.717, 1.165) is 16.7 Å². The number of amides is 1. The van der Waals surface area contributed by atoms with E-state index < -0.39 is 6.04 Å². The lowest BCUT2D eigenvalue weighted by molar-refractivity contribution is -0.113. The number of ether oxygens (including phenoxy) is 3. The highest BCUT2D eigenvalue weighted by atomic mass is 79.9. The summed E-state index contributed by atoms with van der Waals surface area (Å²) in [6.45, 7) is 4.54. The van der Waals surface area contributed by atoms with Gasteiger partial charge in [0.25, 0.3) is 5.91 Å². The van der Waals surface area contributed by atoms with Gasteiger partial charge < -0.3 is 24.8 Å². The van der Waals surface area contributed by atoms with E-state index in [2.05, 4.69) is 26.6 Å². The number of carbonyl (C=O) groups is 1. The van der Waals surface area contributed by atoms with Gasteiger partial charge in [0.05, 0.1) is 29.4 Å². The fourth-order valence-electron chi connectivity index (χ4n) is 5.37. The van der Waals surface area contributed by atoms with Gasteiger partial charge in [0.2, 0.25) is 11.1 Å². The first-order valence-electron chi connectivity index (χ1n) is 15.2. The van der Waals surface area contributed by atoms with E-state index >= 15 is 0 Å². The molecule has 0 fully saturated rings. The molecule has 1 amide bonds. The third-order valence-electron chi connectivity index (χ3n) is 7.62. The SMILES string of the molecule is CCOc1cc(C2C(C(=O)Nc3ccccc3OC)=C(C)Nc3nc(SCc4ccccc4Cl)nn32)cc(Br)c1OCc1ccccc1. The Balaban J connectivity index is 1.40. The number of benzene rings is 4. The summed E-state index contributed by atoms with van der Waals surface area (Å²) < 4.78 is 20.3. The summed E-state index contributed by atoms with van der Waals surface area (Å²) in [5.41, 5.74) is 4.38. The molecule has 12 heteroatoms. The summed E-state index contributed by atoms with van der Waals surface area (Å²) >= 11 is 11.6. The van der Waals surface area contributed by atoms with E-state index in [1.807, 2.05) is 92.7 Å². The largest absolute Gasteiger partial charge is 0.495 e. The van der Waals surface area contributed by atoms with Crippen LogP contribution in [0.3, 0.4) is 0 Å². The van der Waals surface area contributed by atoms with Crippen LogP contribution in [0.25, 0.3) is 0 Å². The van der Waals surface area contributed by atoms with E-state index in [-0.39, 0.29) is 5.91 Å². The molecule has 246 valence electrons. The van der Waals surface area contributed by atoms with Crippen molar-refractivity contribution < 1.29 is 19.0 Å². The number of nitrogens with one attached hydrogen (secondary N) is 2. The van der Waals surface area contributed by atoms with Crippen molar-refractivity contribution in [3.05, 3.63) is 128 Å². The topological polar surface area (TPSA) is 99.5 Å². The Bertz CT molecular complexity index is 1970. The molecule has 48 heavy (non-hydrogen) atoms. The number of methoxy groups -OCH3 is 1. The van der Waals surface area contributed by atoms with E-state index in [4.69, 9.17) is 35.9 Å². The normalized spacial score (nSPS) is 13.8. The number of para-hydroxylation sites is 2. The Morgan fingerprint density at radius 1 is 1.02 bits per heavy atom. The van der Waals surface area contributed by atoms with Crippen molar-refractivity contribution in [1.82, 2.24) is 14.8 Å². The third kappa shape index (κ3) is 7.33. The molecule has 0 bridgehead atoms. The Morgan fingerprint density at radius 2 is 1.77 bits per heavy atom. The van der Waals surface area contributed by atoms with Crippen LogP contribution in [-0.4, -0.2) is 34.4 Å². The minimum atomic E-state index is -0.670. The molecule has 4 aromatic carbocycles. The van der Waals surface area contributed by atoms with Crippen LogP contribution in [0.4, 0.5) is 11.6 Å². The standard InChI is InChI=1S/C36H33BrClN5O4S/c1-4-46-30-19-25(18-26(37)33(30)47-20-23-12-6-5-7-13-23)32-31(34(44)40-28-16-10-11-17-29(28)45-3)22(2)39-35-41-36(42-43(32)35)48-21-24-14-8-9-15-27(24)38/h5-19,32H,4,20-21H2,1-3H3,(H,40,44)(H,39,41,42). The number of allylic oxidation sites excluding steroid dienone is 1. The molecule has 1 unspecified atom stereocenters. The summed E-state index contributed by atoms with van der Waals surface area (Å²) in [6.07, 6.45) is 0. The molecular formula is C36H33BrClN5O4S. The maximum absolute atomic E-state index is 14.2. The van der Waals surface area contributed by atoms with Gasteiger partial charge in [-0.1, -0.05) is 84.0 Å². The Hall–Kier alpha value is -4.45. The Labute approximate surface area is 296 Å². The maximum atomic E-state index is 14.2. The quantitative estimate of drug-likeness (QED) is 0.122. The van der Waals surface area contributed by atoms with Gasteiger partial charge in [-0.3, -0.25) is 4.79 Å². The molecule has 1 aromatic heterocycles. The van der Waals surface area contributed by atoms with Gasteiger partial charge in [-0.2, -0.15) is 4.98 Å². The molecule has 1 aliphatic rings. The number of carbonyl (C=O) groups excluding carboxylic acids is 1. The van der Waals surface area contributed by atoms with Crippen LogP contribution in [0.1, 0.15) is 36.6 Å². The lowest BCUT2D eigenvalue weighted by Gasteiger charge is -2.29. The molecule has 0 saturated carbocycles. The van der Waals surface area contributed by atoms with Gasteiger partial charge in [-0.05, 0) is 76.8 Å². The number of hydrogen-bond donors (Lipinski definition) is 2. The first-order valence-corrected chi connectivity index (χ1v) is 17.4. The molecule has 9 nitrogen and oxygen atoms in total. The third-order valence-corrected chi connectivity index (χ3v) is 9.47. The summed E-state index contributed by atoms with van der Waals surface area (Å²) in [5.74, 6) is 2.41. The Morgan fingerprint density at radius 3 is 2.54 bits per heavy atom. The number of halogens is 2. The van der Waals surface area contributed by atoms with Crippen molar-refractivity contribution in [3.63, 3.8) is 0 Å². The average molecular weight is 747 g/mol. The van der Waals surface area contributed by atoms with Crippen molar-refractivity contribution in [2.75, 3.05) is 24.4 Å². The molecule has 0 saturated heterocycles. The first-order chi connectivity index (χ1) is 23.4. The van der Waals surface area contributed by atoms with E-state index in [0.29, 0.717) is 73.8 Å². The minimum absolute atomic E-state index is 0.320. The highest BCUT2D eigenvalue weighted by Gasteiger charge is 2.36. The lowest BCUT2D eigenvalue weighted by atomic mass is 9.94. The van der Waals surface area contributed by atoms with E-state index in [9.17, 15) is 4.79 Å². The second-order valence-electron chi connectivity index (χ2n) is 10.8. The van der Waals surface area contributed by atoms with E-state index in [1.165, 1.54) is 11.8 Å². The maximum Gasteiger partial charge on any atom is 0.255 e. The smallest absolute Gasteiger partial charge is 0.255 e. The number of anilines is 2. The number of nitrogens with zero attached hydrogens (tertiary/aromatic N) is 3. The van der Waals surface area contributed by atoms with Crippen LogP contribution in [0, 0.1) is 0 Å². The molecule has 2 N–H and O–H groups in total. The fourth-order valence-corrected chi connectivity index (χ4v) is 7.06. The second kappa shape index (κ2) is 15.2. The summed E-state index contributed by atoms with van der Waals surface area (Å²) in [6, 6.07) is 28.1. The number of fused-ring (bicyclic) bond motifs is 1. The number of thioether (sulfide) groups is 1. The summed E-state index contributed by atoms with van der Waals surface area (Å²) in [4.78, 5) is 19.0. The molecule has 1 aliphatic heterocycles. The zero-order chi connectivity index (χ0) is 33.6. The highest BCUT2D eigenvalue weighted by Crippen LogP contribution is 2.44. The highest BCUT2D eigenvalue weighted by molar-refractivity contribution is 9.10. The molecule has 6 rings (SSSR count). The molecule has 0 radical (unpaired) electrons. The van der Waals surface area contributed by atoms with Crippen LogP contribution >= 0.6 is 39.3 Å². The number of rotatable bonds is 12. The van der Waals surface area contributed by atoms with Crippen LogP contribution < -0.4 is 24.8 Å². The molecule has 1 atom stereocenters. The summed E-state index contributed by atoms with van der Waals surface area (Å²) in [5, 5.41) is 12.5. The van der Waals surface area contributed by atoms with Gasteiger partial charge in [-0.15, -0.1) is 5.10 Å². The molecule has 5 aromatic rings. The van der Waals surface area contributed by atoms with Crippen LogP contribution in [-0.2, 0) is 17.2 Å². The molecular weight excluding hydrogens is 714 g/mol. The summed E-state index contributed by atoms with van der Waals surface area (Å²) in [7, 11) is 1.57. The van der Waals surface area contributed by atoms with Gasteiger partial charge in [-0.25, -0.2) is 4.68 Å². The van der Waals surface area contributed by atoms with Crippen LogP contribution in [0.15, 0.2) is 112 Å². The molecule has 0 spiro atoms. The molecule has 2 heterocycles.